The molecule has 0 N–H and O–H groups in total. The van der Waals surface area contributed by atoms with Crippen LogP contribution in [0.1, 0.15) is 15.9 Å². The lowest BCUT2D eigenvalue weighted by atomic mass is 10.0. The van der Waals surface area contributed by atoms with Crippen LogP contribution in [0.2, 0.25) is 5.02 Å². The first-order valence-electron chi connectivity index (χ1n) is 8.76. The Labute approximate surface area is 179 Å². The summed E-state index contributed by atoms with van der Waals surface area (Å²) < 4.78 is 41.1. The Balaban J connectivity index is 1.87. The number of halogens is 2. The van der Waals surface area contributed by atoms with Crippen molar-refractivity contribution in [1.82, 2.24) is 0 Å². The third-order valence-corrected chi connectivity index (χ3v) is 6.55. The van der Waals surface area contributed by atoms with Gasteiger partial charge in [0.2, 0.25) is 0 Å². The predicted octanol–water partition coefficient (Wildman–Crippen LogP) is 5.28. The molecular formula is C22H16ClFN2O3S. The van der Waals surface area contributed by atoms with Gasteiger partial charge in [-0.2, -0.15) is 0 Å². The Morgan fingerprint density at radius 1 is 1.10 bits per heavy atom. The lowest BCUT2D eigenvalue weighted by Crippen LogP contribution is -2.26. The van der Waals surface area contributed by atoms with Gasteiger partial charge >= 0.3 is 0 Å². The van der Waals surface area contributed by atoms with Crippen molar-refractivity contribution in [2.75, 3.05) is 11.4 Å². The smallest absolute Gasteiger partial charge is 0.264 e. The Morgan fingerprint density at radius 2 is 1.80 bits per heavy atom. The van der Waals surface area contributed by atoms with E-state index in [0.29, 0.717) is 10.7 Å². The first-order chi connectivity index (χ1) is 14.2. The molecular weight excluding hydrogens is 427 g/mol. The highest BCUT2D eigenvalue weighted by Gasteiger charge is 2.22. The topological polar surface area (TPSA) is 58.8 Å². The molecule has 0 aliphatic rings. The maximum absolute atomic E-state index is 14.1. The highest BCUT2D eigenvalue weighted by Crippen LogP contribution is 2.25. The minimum atomic E-state index is -3.92. The van der Waals surface area contributed by atoms with Crippen LogP contribution in [-0.4, -0.2) is 21.2 Å². The fraction of sp³-hybridized carbons (Fsp3) is 0.0909. The van der Waals surface area contributed by atoms with Crippen LogP contribution in [0, 0.1) is 12.4 Å². The van der Waals surface area contributed by atoms with Crippen molar-refractivity contribution < 1.29 is 17.6 Å². The van der Waals surface area contributed by atoms with Crippen molar-refractivity contribution in [2.24, 2.45) is 0 Å². The highest BCUT2D eigenvalue weighted by atomic mass is 35.5. The van der Waals surface area contributed by atoms with Crippen LogP contribution in [0.25, 0.3) is 4.85 Å². The van der Waals surface area contributed by atoms with Crippen molar-refractivity contribution >= 4 is 38.8 Å². The molecule has 0 aromatic heterocycles. The average molecular weight is 443 g/mol. The van der Waals surface area contributed by atoms with Gasteiger partial charge in [-0.15, -0.1) is 0 Å². The minimum Gasteiger partial charge on any atom is -0.294 e. The average Bonchev–Trinajstić information content (AvgIpc) is 2.75. The van der Waals surface area contributed by atoms with Gasteiger partial charge in [-0.1, -0.05) is 35.9 Å². The number of nitrogens with zero attached hydrogens (tertiary/aromatic N) is 2. The maximum atomic E-state index is 14.1. The summed E-state index contributed by atoms with van der Waals surface area (Å²) in [6, 6.07) is 15.8. The fourth-order valence-electron chi connectivity index (χ4n) is 2.80. The monoisotopic (exact) mass is 442 g/mol. The molecule has 0 heterocycles. The number of anilines is 1. The number of sulfonamides is 1. The molecule has 3 rings (SSSR count). The van der Waals surface area contributed by atoms with E-state index in [9.17, 15) is 17.6 Å². The summed E-state index contributed by atoms with van der Waals surface area (Å²) in [5, 5.41) is 0.480. The molecule has 0 saturated carbocycles. The van der Waals surface area contributed by atoms with Crippen molar-refractivity contribution in [2.45, 2.75) is 11.3 Å². The van der Waals surface area contributed by atoms with Crippen molar-refractivity contribution in [3.63, 3.8) is 0 Å². The summed E-state index contributed by atoms with van der Waals surface area (Å²) in [7, 11) is -2.52. The second kappa shape index (κ2) is 8.66. The molecule has 0 spiro atoms. The van der Waals surface area contributed by atoms with E-state index in [1.165, 1.54) is 43.4 Å². The number of ketones is 1. The molecule has 0 unspecified atom stereocenters. The van der Waals surface area contributed by atoms with Crippen molar-refractivity contribution in [1.29, 1.82) is 0 Å². The summed E-state index contributed by atoms with van der Waals surface area (Å²) in [4.78, 5) is 15.7. The van der Waals surface area contributed by atoms with E-state index in [0.717, 1.165) is 10.4 Å². The zero-order chi connectivity index (χ0) is 21.9. The van der Waals surface area contributed by atoms with E-state index < -0.39 is 21.6 Å². The number of hydrogen-bond acceptors (Lipinski definition) is 3. The van der Waals surface area contributed by atoms with Gasteiger partial charge in [-0.25, -0.2) is 17.7 Å². The molecule has 0 saturated heterocycles. The van der Waals surface area contributed by atoms with Gasteiger partial charge < -0.3 is 0 Å². The number of benzene rings is 3. The summed E-state index contributed by atoms with van der Waals surface area (Å²) in [5.41, 5.74) is 0.841. The van der Waals surface area contributed by atoms with E-state index in [1.54, 1.807) is 24.3 Å². The lowest BCUT2D eigenvalue weighted by Gasteiger charge is -2.20. The number of hydrogen-bond donors (Lipinski definition) is 0. The minimum absolute atomic E-state index is 0.0605. The number of Topliss-reactive ketones (excluding diaryl/α,β-unsaturated/α-hetero) is 1. The molecule has 8 heteroatoms. The Hall–Kier alpha value is -3.21. The molecule has 5 nitrogen and oxygen atoms in total. The van der Waals surface area contributed by atoms with Gasteiger partial charge in [0.05, 0.1) is 17.2 Å². The van der Waals surface area contributed by atoms with Crippen LogP contribution in [0.5, 0.6) is 0 Å². The summed E-state index contributed by atoms with van der Waals surface area (Å²) in [6.07, 6.45) is -0.249. The second-order valence-corrected chi connectivity index (χ2v) is 8.87. The lowest BCUT2D eigenvalue weighted by molar-refractivity contribution is 0.0991. The molecule has 0 amide bonds. The first-order valence-corrected chi connectivity index (χ1v) is 10.6. The van der Waals surface area contributed by atoms with Crippen LogP contribution >= 0.6 is 11.6 Å². The van der Waals surface area contributed by atoms with E-state index >= 15 is 0 Å². The standard InChI is InChI=1S/C22H16ClFN2O3S/c1-25-18-9-6-15(21(24)14-18)13-22(27)16-4-3-5-20(12-16)30(28,29)26(2)19-10-7-17(23)8-11-19/h3-12,14H,13H2,2H3. The van der Waals surface area contributed by atoms with E-state index in [2.05, 4.69) is 4.85 Å². The molecule has 152 valence electrons. The van der Waals surface area contributed by atoms with Crippen molar-refractivity contribution in [3.8, 4) is 0 Å². The molecule has 3 aromatic rings. The summed E-state index contributed by atoms with van der Waals surface area (Å²) >= 11 is 5.85. The van der Waals surface area contributed by atoms with Gasteiger partial charge in [0.25, 0.3) is 10.0 Å². The number of carbonyl (C=O) groups is 1. The number of rotatable bonds is 6. The van der Waals surface area contributed by atoms with Gasteiger partial charge in [0.15, 0.2) is 11.5 Å². The largest absolute Gasteiger partial charge is 0.294 e. The fourth-order valence-corrected chi connectivity index (χ4v) is 4.17. The Kier molecular flexibility index (Phi) is 6.20. The molecule has 0 bridgehead atoms. The Morgan fingerprint density at radius 3 is 2.43 bits per heavy atom. The second-order valence-electron chi connectivity index (χ2n) is 6.46. The maximum Gasteiger partial charge on any atom is 0.264 e. The van der Waals surface area contributed by atoms with Crippen LogP contribution in [0.15, 0.2) is 71.6 Å². The molecule has 30 heavy (non-hydrogen) atoms. The molecule has 0 radical (unpaired) electrons. The third-order valence-electron chi connectivity index (χ3n) is 4.52. The number of carbonyl (C=O) groups excluding carboxylic acids is 1. The third kappa shape index (κ3) is 4.51. The van der Waals surface area contributed by atoms with Crippen LogP contribution in [0.4, 0.5) is 15.8 Å². The highest BCUT2D eigenvalue weighted by molar-refractivity contribution is 7.92. The molecule has 0 atom stereocenters. The van der Waals surface area contributed by atoms with Gasteiger partial charge in [0, 0.05) is 24.1 Å². The molecule has 0 fully saturated rings. The van der Waals surface area contributed by atoms with Crippen LogP contribution in [0.3, 0.4) is 0 Å². The molecule has 0 aliphatic heterocycles. The van der Waals surface area contributed by atoms with Gasteiger partial charge in [-0.05, 0) is 48.0 Å². The van der Waals surface area contributed by atoms with Crippen LogP contribution in [-0.2, 0) is 16.4 Å². The normalized spacial score (nSPS) is 11.0. The summed E-state index contributed by atoms with van der Waals surface area (Å²) in [6.45, 7) is 6.90. The quantitative estimate of drug-likeness (QED) is 0.385. The summed E-state index contributed by atoms with van der Waals surface area (Å²) in [5.74, 6) is -1.08. The first kappa shape index (κ1) is 21.5. The van der Waals surface area contributed by atoms with E-state index in [-0.39, 0.29) is 28.1 Å². The Bertz CT molecular complexity index is 1250. The van der Waals surface area contributed by atoms with Gasteiger partial charge in [-0.3, -0.25) is 9.10 Å². The zero-order valence-electron chi connectivity index (χ0n) is 15.8. The van der Waals surface area contributed by atoms with Gasteiger partial charge in [0.1, 0.15) is 5.82 Å². The van der Waals surface area contributed by atoms with E-state index in [1.807, 2.05) is 0 Å². The molecule has 3 aromatic carbocycles. The predicted molar refractivity (Wildman–Crippen MR) is 114 cm³/mol. The van der Waals surface area contributed by atoms with E-state index in [4.69, 9.17) is 18.2 Å². The zero-order valence-corrected chi connectivity index (χ0v) is 17.4. The SMILES string of the molecule is [C-]#[N+]c1ccc(CC(=O)c2cccc(S(=O)(=O)N(C)c3ccc(Cl)cc3)c2)c(F)c1. The molecule has 0 aliphatic carbocycles. The van der Waals surface area contributed by atoms with Crippen LogP contribution < -0.4 is 4.31 Å². The van der Waals surface area contributed by atoms with Crippen molar-refractivity contribution in [3.05, 3.63) is 100 Å².